The van der Waals surface area contributed by atoms with Crippen LogP contribution in [-0.2, 0) is 0 Å². The number of anilines is 2. The summed E-state index contributed by atoms with van der Waals surface area (Å²) in [6.45, 7) is 4.31. The summed E-state index contributed by atoms with van der Waals surface area (Å²) in [5.74, 6) is 0. The molecule has 0 aliphatic rings. The summed E-state index contributed by atoms with van der Waals surface area (Å²) in [7, 11) is 8.22. The number of pyridine rings is 2. The second-order valence-corrected chi connectivity index (χ2v) is 9.39. The largest absolute Gasteiger partial charge is 0.378 e. The van der Waals surface area contributed by atoms with Crippen LogP contribution in [-0.4, -0.2) is 38.2 Å². The van der Waals surface area contributed by atoms with Crippen molar-refractivity contribution in [2.45, 2.75) is 13.8 Å². The average Bonchev–Trinajstić information content (AvgIpc) is 2.84. The smallest absolute Gasteiger partial charge is 0.0975 e. The SMILES string of the molecule is Cc1cc(-c2ccc(N(C)C)cc2)nc2c1ccc1c(C)cc(-c3ccc(N(C)C)cc3)nc12. The molecule has 0 spiro atoms. The lowest BCUT2D eigenvalue weighted by Gasteiger charge is -2.15. The number of aryl methyl sites for hydroxylation is 2. The summed E-state index contributed by atoms with van der Waals surface area (Å²) < 4.78 is 0. The fourth-order valence-electron chi connectivity index (χ4n) is 4.47. The van der Waals surface area contributed by atoms with Crippen LogP contribution >= 0.6 is 0 Å². The van der Waals surface area contributed by atoms with Gasteiger partial charge in [-0.1, -0.05) is 36.4 Å². The molecule has 0 unspecified atom stereocenters. The molecule has 4 heteroatoms. The Morgan fingerprint density at radius 2 is 0.853 bits per heavy atom. The van der Waals surface area contributed by atoms with Gasteiger partial charge in [-0.25, -0.2) is 9.97 Å². The first-order chi connectivity index (χ1) is 16.3. The zero-order valence-corrected chi connectivity index (χ0v) is 20.7. The number of benzene rings is 3. The Kier molecular flexibility index (Phi) is 5.45. The minimum Gasteiger partial charge on any atom is -0.378 e. The molecule has 0 aliphatic heterocycles. The zero-order valence-electron chi connectivity index (χ0n) is 20.7. The van der Waals surface area contributed by atoms with E-state index in [1.54, 1.807) is 0 Å². The van der Waals surface area contributed by atoms with Crippen LogP contribution in [0.4, 0.5) is 11.4 Å². The number of hydrogen-bond acceptors (Lipinski definition) is 4. The van der Waals surface area contributed by atoms with E-state index in [9.17, 15) is 0 Å². The zero-order chi connectivity index (χ0) is 24.0. The van der Waals surface area contributed by atoms with Crippen molar-refractivity contribution >= 4 is 33.2 Å². The predicted octanol–water partition coefficient (Wildman–Crippen LogP) is 6.87. The fourth-order valence-corrected chi connectivity index (χ4v) is 4.47. The van der Waals surface area contributed by atoms with Crippen molar-refractivity contribution in [1.82, 2.24) is 9.97 Å². The van der Waals surface area contributed by atoms with Crippen molar-refractivity contribution in [2.75, 3.05) is 38.0 Å². The van der Waals surface area contributed by atoms with E-state index in [1.807, 2.05) is 0 Å². The van der Waals surface area contributed by atoms with Gasteiger partial charge in [0.2, 0.25) is 0 Å². The molecule has 3 aromatic carbocycles. The third-order valence-electron chi connectivity index (χ3n) is 6.53. The first-order valence-electron chi connectivity index (χ1n) is 11.6. The Morgan fingerprint density at radius 1 is 0.500 bits per heavy atom. The van der Waals surface area contributed by atoms with Gasteiger partial charge >= 0.3 is 0 Å². The van der Waals surface area contributed by atoms with E-state index in [0.29, 0.717) is 0 Å². The number of rotatable bonds is 4. The monoisotopic (exact) mass is 446 g/mol. The predicted molar refractivity (Wildman–Crippen MR) is 146 cm³/mol. The molecule has 0 saturated heterocycles. The Bertz CT molecular complexity index is 1380. The molecule has 0 amide bonds. The summed E-state index contributed by atoms with van der Waals surface area (Å²) in [6, 6.07) is 25.8. The molecule has 2 aromatic heterocycles. The molecule has 2 heterocycles. The molecular weight excluding hydrogens is 416 g/mol. The van der Waals surface area contributed by atoms with Gasteiger partial charge in [-0.15, -0.1) is 0 Å². The van der Waals surface area contributed by atoms with Gasteiger partial charge in [0.25, 0.3) is 0 Å². The lowest BCUT2D eigenvalue weighted by atomic mass is 10.00. The van der Waals surface area contributed by atoms with E-state index in [4.69, 9.17) is 9.97 Å². The second kappa shape index (κ2) is 8.45. The maximum absolute atomic E-state index is 5.14. The summed E-state index contributed by atoms with van der Waals surface area (Å²) in [5.41, 5.74) is 10.9. The average molecular weight is 447 g/mol. The Hall–Kier alpha value is -3.92. The van der Waals surface area contributed by atoms with Crippen molar-refractivity contribution in [3.63, 3.8) is 0 Å². The lowest BCUT2D eigenvalue weighted by Crippen LogP contribution is -2.08. The summed E-state index contributed by atoms with van der Waals surface area (Å²) in [4.78, 5) is 14.5. The van der Waals surface area contributed by atoms with Gasteiger partial charge in [-0.3, -0.25) is 0 Å². The van der Waals surface area contributed by atoms with Crippen molar-refractivity contribution < 1.29 is 0 Å². The maximum atomic E-state index is 5.14. The van der Waals surface area contributed by atoms with E-state index in [-0.39, 0.29) is 0 Å². The molecule has 0 N–H and O–H groups in total. The standard InChI is InChI=1S/C30H30N4/c1-19-17-27(21-7-11-23(12-8-21)33(3)4)31-29-25(19)15-16-26-20(2)18-28(32-30(26)29)22-9-13-24(14-10-22)34(5)6/h7-18H,1-6H3. The molecule has 4 nitrogen and oxygen atoms in total. The van der Waals surface area contributed by atoms with Crippen LogP contribution in [0.1, 0.15) is 11.1 Å². The van der Waals surface area contributed by atoms with E-state index in [0.717, 1.165) is 44.3 Å². The highest BCUT2D eigenvalue weighted by Crippen LogP contribution is 2.33. The molecule has 5 aromatic rings. The third kappa shape index (κ3) is 3.86. The Morgan fingerprint density at radius 3 is 1.18 bits per heavy atom. The Labute approximate surface area is 201 Å². The fraction of sp³-hybridized carbons (Fsp3) is 0.200. The maximum Gasteiger partial charge on any atom is 0.0975 e. The highest BCUT2D eigenvalue weighted by atomic mass is 15.1. The summed E-state index contributed by atoms with van der Waals surface area (Å²) in [6.07, 6.45) is 0. The van der Waals surface area contributed by atoms with Gasteiger partial charge in [0.1, 0.15) is 0 Å². The molecule has 34 heavy (non-hydrogen) atoms. The minimum absolute atomic E-state index is 0.957. The molecule has 0 saturated carbocycles. The first kappa shape index (κ1) is 21.9. The lowest BCUT2D eigenvalue weighted by molar-refractivity contribution is 1.13. The van der Waals surface area contributed by atoms with Gasteiger partial charge in [0.15, 0.2) is 0 Å². The molecule has 0 bridgehead atoms. The quantitative estimate of drug-likeness (QED) is 0.282. The van der Waals surface area contributed by atoms with Gasteiger partial charge in [-0.2, -0.15) is 0 Å². The minimum atomic E-state index is 0.957. The Balaban J connectivity index is 1.70. The van der Waals surface area contributed by atoms with Gasteiger partial charge in [-0.05, 0) is 61.4 Å². The molecular formula is C30H30N4. The van der Waals surface area contributed by atoms with Crippen molar-refractivity contribution in [1.29, 1.82) is 0 Å². The summed E-state index contributed by atoms with van der Waals surface area (Å²) >= 11 is 0. The van der Waals surface area contributed by atoms with Crippen LogP contribution in [0.5, 0.6) is 0 Å². The number of hydrogen-bond donors (Lipinski definition) is 0. The topological polar surface area (TPSA) is 32.3 Å². The van der Waals surface area contributed by atoms with Crippen LogP contribution in [0.15, 0.2) is 72.8 Å². The van der Waals surface area contributed by atoms with E-state index in [1.165, 1.54) is 22.5 Å². The number of fused-ring (bicyclic) bond motifs is 3. The van der Waals surface area contributed by atoms with E-state index in [2.05, 4.69) is 125 Å². The van der Waals surface area contributed by atoms with E-state index < -0.39 is 0 Å². The molecule has 0 aliphatic carbocycles. The normalized spacial score (nSPS) is 11.2. The highest BCUT2D eigenvalue weighted by Gasteiger charge is 2.13. The van der Waals surface area contributed by atoms with Crippen LogP contribution in [0.3, 0.4) is 0 Å². The molecule has 0 fully saturated rings. The first-order valence-corrected chi connectivity index (χ1v) is 11.6. The van der Waals surface area contributed by atoms with Crippen molar-refractivity contribution in [3.8, 4) is 22.5 Å². The van der Waals surface area contributed by atoms with Crippen molar-refractivity contribution in [3.05, 3.63) is 83.9 Å². The molecule has 170 valence electrons. The van der Waals surface area contributed by atoms with Crippen LogP contribution in [0.25, 0.3) is 44.3 Å². The van der Waals surface area contributed by atoms with Crippen LogP contribution in [0, 0.1) is 13.8 Å². The van der Waals surface area contributed by atoms with Gasteiger partial charge < -0.3 is 9.80 Å². The summed E-state index contributed by atoms with van der Waals surface area (Å²) in [5, 5.41) is 2.29. The molecule has 5 rings (SSSR count). The van der Waals surface area contributed by atoms with Gasteiger partial charge in [0.05, 0.1) is 22.4 Å². The highest BCUT2D eigenvalue weighted by molar-refractivity contribution is 6.06. The third-order valence-corrected chi connectivity index (χ3v) is 6.53. The van der Waals surface area contributed by atoms with Crippen molar-refractivity contribution in [2.24, 2.45) is 0 Å². The van der Waals surface area contributed by atoms with E-state index >= 15 is 0 Å². The molecule has 0 atom stereocenters. The van der Waals surface area contributed by atoms with Crippen LogP contribution < -0.4 is 9.80 Å². The number of nitrogens with zero attached hydrogens (tertiary/aromatic N) is 4. The number of aromatic nitrogens is 2. The molecule has 0 radical (unpaired) electrons. The van der Waals surface area contributed by atoms with Crippen LogP contribution in [0.2, 0.25) is 0 Å². The second-order valence-electron chi connectivity index (χ2n) is 9.39. The van der Waals surface area contributed by atoms with Gasteiger partial charge in [0, 0.05) is 61.5 Å².